The maximum atomic E-state index is 8.59. The van der Waals surface area contributed by atoms with Crippen molar-refractivity contribution in [2.75, 3.05) is 11.9 Å². The van der Waals surface area contributed by atoms with E-state index < -0.39 is 0 Å². The monoisotopic (exact) mass is 253 g/mol. The van der Waals surface area contributed by atoms with Gasteiger partial charge in [-0.2, -0.15) is 5.26 Å². The first kappa shape index (κ1) is 11.1. The molecule has 0 bridgehead atoms. The van der Waals surface area contributed by atoms with Crippen molar-refractivity contribution in [1.82, 2.24) is 0 Å². The van der Waals surface area contributed by atoms with Crippen LogP contribution in [0.3, 0.4) is 0 Å². The van der Waals surface area contributed by atoms with Crippen molar-refractivity contribution in [1.29, 1.82) is 5.26 Å². The second-order valence-electron chi connectivity index (χ2n) is 3.21. The molecule has 74 valence electrons. The highest BCUT2D eigenvalue weighted by molar-refractivity contribution is 9.09. The summed E-state index contributed by atoms with van der Waals surface area (Å²) in [5, 5.41) is 9.52. The van der Waals surface area contributed by atoms with Gasteiger partial charge in [-0.1, -0.05) is 22.9 Å². The number of halogens is 1. The summed E-state index contributed by atoms with van der Waals surface area (Å²) in [7, 11) is 0. The van der Waals surface area contributed by atoms with E-state index in [1.807, 2.05) is 12.1 Å². The van der Waals surface area contributed by atoms with Gasteiger partial charge in [-0.05, 0) is 30.2 Å². The molecule has 0 saturated carbocycles. The molecule has 1 unspecified atom stereocenters. The third-order valence-corrected chi connectivity index (χ3v) is 2.89. The lowest BCUT2D eigenvalue weighted by atomic mass is 10.2. The van der Waals surface area contributed by atoms with Crippen molar-refractivity contribution in [3.8, 4) is 11.8 Å². The molecule has 0 N–H and O–H groups in total. The molecule has 0 spiro atoms. The van der Waals surface area contributed by atoms with E-state index in [1.165, 1.54) is 0 Å². The Bertz CT molecular complexity index is 315. The summed E-state index contributed by atoms with van der Waals surface area (Å²) in [6.45, 7) is 2.80. The molecule has 0 heterocycles. The van der Waals surface area contributed by atoms with Gasteiger partial charge in [0, 0.05) is 5.33 Å². The van der Waals surface area contributed by atoms with Crippen molar-refractivity contribution in [2.45, 2.75) is 6.92 Å². The lowest BCUT2D eigenvalue weighted by Crippen LogP contribution is -2.09. The molecule has 0 amide bonds. The number of hydrogen-bond acceptors (Lipinski definition) is 2. The maximum absolute atomic E-state index is 8.59. The molecule has 0 aliphatic carbocycles. The molecule has 1 rings (SSSR count). The fourth-order valence-corrected chi connectivity index (χ4v) is 1.10. The molecule has 1 aromatic rings. The van der Waals surface area contributed by atoms with Crippen LogP contribution in [-0.2, 0) is 0 Å². The molecule has 0 saturated heterocycles. The zero-order valence-electron chi connectivity index (χ0n) is 8.03. The average molecular weight is 254 g/mol. The van der Waals surface area contributed by atoms with Gasteiger partial charge >= 0.3 is 0 Å². The van der Waals surface area contributed by atoms with Gasteiger partial charge in [0.05, 0.1) is 18.2 Å². The Balaban J connectivity index is 2.49. The largest absolute Gasteiger partial charge is 0.493 e. The van der Waals surface area contributed by atoms with E-state index >= 15 is 0 Å². The predicted octanol–water partition coefficient (Wildman–Crippen LogP) is 2.97. The fraction of sp³-hybridized carbons (Fsp3) is 0.364. The smallest absolute Gasteiger partial charge is 0.119 e. The van der Waals surface area contributed by atoms with Crippen molar-refractivity contribution in [3.05, 3.63) is 29.8 Å². The molecule has 0 aromatic heterocycles. The lowest BCUT2D eigenvalue weighted by Gasteiger charge is -2.09. The molecule has 0 aliphatic rings. The highest BCUT2D eigenvalue weighted by atomic mass is 79.9. The molecule has 1 aromatic carbocycles. The van der Waals surface area contributed by atoms with E-state index in [2.05, 4.69) is 28.9 Å². The maximum Gasteiger partial charge on any atom is 0.119 e. The Kier molecular flexibility index (Phi) is 4.48. The summed E-state index contributed by atoms with van der Waals surface area (Å²) in [4.78, 5) is 0. The first-order valence-electron chi connectivity index (χ1n) is 4.45. The van der Waals surface area contributed by atoms with E-state index in [1.54, 1.807) is 12.1 Å². The van der Waals surface area contributed by atoms with Crippen LogP contribution in [0, 0.1) is 17.2 Å². The number of hydrogen-bond donors (Lipinski definition) is 0. The third-order valence-electron chi connectivity index (χ3n) is 1.78. The van der Waals surface area contributed by atoms with Gasteiger partial charge in [-0.3, -0.25) is 0 Å². The van der Waals surface area contributed by atoms with Gasteiger partial charge in [0.15, 0.2) is 0 Å². The van der Waals surface area contributed by atoms with Gasteiger partial charge in [0.25, 0.3) is 0 Å². The van der Waals surface area contributed by atoms with E-state index in [4.69, 9.17) is 10.00 Å². The summed E-state index contributed by atoms with van der Waals surface area (Å²) < 4.78 is 5.52. The van der Waals surface area contributed by atoms with Gasteiger partial charge in [-0.25, -0.2) is 0 Å². The zero-order valence-corrected chi connectivity index (χ0v) is 9.62. The average Bonchev–Trinajstić information content (AvgIpc) is 2.26. The van der Waals surface area contributed by atoms with Gasteiger partial charge < -0.3 is 4.74 Å². The SMILES string of the molecule is CC(CBr)COc1ccc(C#N)cc1. The molecule has 0 radical (unpaired) electrons. The summed E-state index contributed by atoms with van der Waals surface area (Å²) in [5.41, 5.74) is 0.658. The van der Waals surface area contributed by atoms with Gasteiger partial charge in [-0.15, -0.1) is 0 Å². The van der Waals surface area contributed by atoms with Crippen molar-refractivity contribution in [2.24, 2.45) is 5.92 Å². The number of benzene rings is 1. The summed E-state index contributed by atoms with van der Waals surface area (Å²) in [6.07, 6.45) is 0. The molecular weight excluding hydrogens is 242 g/mol. The van der Waals surface area contributed by atoms with Crippen LogP contribution in [0.25, 0.3) is 0 Å². The lowest BCUT2D eigenvalue weighted by molar-refractivity contribution is 0.274. The molecule has 3 heteroatoms. The fourth-order valence-electron chi connectivity index (χ4n) is 0.909. The highest BCUT2D eigenvalue weighted by Crippen LogP contribution is 2.13. The highest BCUT2D eigenvalue weighted by Gasteiger charge is 2.00. The Morgan fingerprint density at radius 3 is 2.57 bits per heavy atom. The van der Waals surface area contributed by atoms with Gasteiger partial charge in [0.1, 0.15) is 5.75 Å². The Hall–Kier alpha value is -1.01. The van der Waals surface area contributed by atoms with Crippen molar-refractivity contribution < 1.29 is 4.74 Å². The standard InChI is InChI=1S/C11H12BrNO/c1-9(6-12)8-14-11-4-2-10(7-13)3-5-11/h2-5,9H,6,8H2,1H3. The first-order chi connectivity index (χ1) is 6.76. The van der Waals surface area contributed by atoms with Crippen LogP contribution in [0.2, 0.25) is 0 Å². The minimum absolute atomic E-state index is 0.491. The quantitative estimate of drug-likeness (QED) is 0.774. The number of ether oxygens (including phenoxy) is 1. The van der Waals surface area contributed by atoms with E-state index in [0.717, 1.165) is 11.1 Å². The van der Waals surface area contributed by atoms with Crippen LogP contribution in [0.4, 0.5) is 0 Å². The number of alkyl halides is 1. The van der Waals surface area contributed by atoms with E-state index in [9.17, 15) is 0 Å². The minimum atomic E-state index is 0.491. The summed E-state index contributed by atoms with van der Waals surface area (Å²) in [5.74, 6) is 1.31. The normalized spacial score (nSPS) is 11.8. The second-order valence-corrected chi connectivity index (χ2v) is 3.85. The molecular formula is C11H12BrNO. The minimum Gasteiger partial charge on any atom is -0.493 e. The van der Waals surface area contributed by atoms with Crippen LogP contribution < -0.4 is 4.74 Å². The van der Waals surface area contributed by atoms with E-state index in [0.29, 0.717) is 18.1 Å². The van der Waals surface area contributed by atoms with Crippen LogP contribution in [0.5, 0.6) is 5.75 Å². The first-order valence-corrected chi connectivity index (χ1v) is 5.57. The molecule has 14 heavy (non-hydrogen) atoms. The molecule has 1 atom stereocenters. The van der Waals surface area contributed by atoms with Crippen LogP contribution in [0.1, 0.15) is 12.5 Å². The van der Waals surface area contributed by atoms with Crippen LogP contribution in [0.15, 0.2) is 24.3 Å². The Labute approximate surface area is 92.6 Å². The number of nitrogens with zero attached hydrogens (tertiary/aromatic N) is 1. The summed E-state index contributed by atoms with van der Waals surface area (Å²) in [6, 6.07) is 9.22. The third kappa shape index (κ3) is 3.39. The Morgan fingerprint density at radius 1 is 1.43 bits per heavy atom. The molecule has 0 fully saturated rings. The number of rotatable bonds is 4. The van der Waals surface area contributed by atoms with Crippen LogP contribution in [-0.4, -0.2) is 11.9 Å². The molecule has 0 aliphatic heterocycles. The zero-order chi connectivity index (χ0) is 10.4. The molecule has 2 nitrogen and oxygen atoms in total. The van der Waals surface area contributed by atoms with Gasteiger partial charge in [0.2, 0.25) is 0 Å². The van der Waals surface area contributed by atoms with Crippen molar-refractivity contribution in [3.63, 3.8) is 0 Å². The Morgan fingerprint density at radius 2 is 2.07 bits per heavy atom. The predicted molar refractivity (Wildman–Crippen MR) is 59.6 cm³/mol. The summed E-state index contributed by atoms with van der Waals surface area (Å²) >= 11 is 3.39. The second kappa shape index (κ2) is 5.66. The van der Waals surface area contributed by atoms with Crippen molar-refractivity contribution >= 4 is 15.9 Å². The topological polar surface area (TPSA) is 33.0 Å². The van der Waals surface area contributed by atoms with Crippen LogP contribution >= 0.6 is 15.9 Å². The number of nitriles is 1. The van der Waals surface area contributed by atoms with E-state index in [-0.39, 0.29) is 0 Å².